The van der Waals surface area contributed by atoms with Crippen LogP contribution in [0.2, 0.25) is 0 Å². The standard InChI is InChI=1S/C15H19N5O2S/c21-13(19-15-18-7-11-23-15)4-10-20-8-2-12(3-9-20)22-14-16-5-1-6-17-14/h1,5-7,11-12H,2-4,8-10H2,(H,18,19,21). The molecule has 0 saturated carbocycles. The Morgan fingerprint density at radius 2 is 2.04 bits per heavy atom. The number of carbonyl (C=O) groups is 1. The van der Waals surface area contributed by atoms with E-state index in [1.54, 1.807) is 24.7 Å². The maximum Gasteiger partial charge on any atom is 0.316 e. The topological polar surface area (TPSA) is 80.2 Å². The van der Waals surface area contributed by atoms with Crippen molar-refractivity contribution in [3.8, 4) is 6.01 Å². The third-order valence-electron chi connectivity index (χ3n) is 3.68. The van der Waals surface area contributed by atoms with Crippen molar-refractivity contribution in [2.45, 2.75) is 25.4 Å². The Hall–Kier alpha value is -2.06. The second-order valence-electron chi connectivity index (χ2n) is 5.33. The number of thiazole rings is 1. The molecule has 8 heteroatoms. The highest BCUT2D eigenvalue weighted by atomic mass is 32.1. The molecule has 0 spiro atoms. The second-order valence-corrected chi connectivity index (χ2v) is 6.22. The molecule has 23 heavy (non-hydrogen) atoms. The third-order valence-corrected chi connectivity index (χ3v) is 4.37. The second kappa shape index (κ2) is 7.98. The zero-order valence-corrected chi connectivity index (χ0v) is 13.5. The first-order chi connectivity index (χ1) is 11.3. The van der Waals surface area contributed by atoms with Gasteiger partial charge in [-0.05, 0) is 18.9 Å². The Morgan fingerprint density at radius 1 is 1.26 bits per heavy atom. The third kappa shape index (κ3) is 4.97. The minimum absolute atomic E-state index is 0.0102. The number of anilines is 1. The van der Waals surface area contributed by atoms with Crippen molar-refractivity contribution < 1.29 is 9.53 Å². The van der Waals surface area contributed by atoms with Crippen molar-refractivity contribution in [2.24, 2.45) is 0 Å². The molecule has 0 atom stereocenters. The molecule has 1 aliphatic rings. The van der Waals surface area contributed by atoms with Crippen molar-refractivity contribution in [2.75, 3.05) is 25.0 Å². The fraction of sp³-hybridized carbons (Fsp3) is 0.467. The van der Waals surface area contributed by atoms with Gasteiger partial charge in [-0.3, -0.25) is 4.79 Å². The predicted octanol–water partition coefficient (Wildman–Crippen LogP) is 1.81. The molecule has 122 valence electrons. The lowest BCUT2D eigenvalue weighted by atomic mass is 10.1. The minimum atomic E-state index is 0.0102. The smallest absolute Gasteiger partial charge is 0.316 e. The Morgan fingerprint density at radius 3 is 2.74 bits per heavy atom. The van der Waals surface area contributed by atoms with Crippen LogP contribution in [0.25, 0.3) is 0 Å². The number of hydrogen-bond donors (Lipinski definition) is 1. The van der Waals surface area contributed by atoms with Crippen molar-refractivity contribution in [1.29, 1.82) is 0 Å². The number of nitrogens with one attached hydrogen (secondary N) is 1. The normalized spacial score (nSPS) is 16.2. The van der Waals surface area contributed by atoms with Crippen LogP contribution < -0.4 is 10.1 Å². The number of rotatable bonds is 6. The number of amides is 1. The Bertz CT molecular complexity index is 600. The van der Waals surface area contributed by atoms with Crippen molar-refractivity contribution in [1.82, 2.24) is 19.9 Å². The van der Waals surface area contributed by atoms with Gasteiger partial charge in [-0.15, -0.1) is 11.3 Å². The highest BCUT2D eigenvalue weighted by Gasteiger charge is 2.21. The van der Waals surface area contributed by atoms with Crippen molar-refractivity contribution >= 4 is 22.4 Å². The molecule has 1 saturated heterocycles. The van der Waals surface area contributed by atoms with Gasteiger partial charge in [0.1, 0.15) is 6.10 Å². The van der Waals surface area contributed by atoms with Gasteiger partial charge in [-0.25, -0.2) is 15.0 Å². The van der Waals surface area contributed by atoms with Crippen LogP contribution in [-0.4, -0.2) is 51.5 Å². The number of ether oxygens (including phenoxy) is 1. The molecule has 0 aliphatic carbocycles. The zero-order valence-electron chi connectivity index (χ0n) is 12.7. The van der Waals surface area contributed by atoms with E-state index in [0.29, 0.717) is 17.6 Å². The van der Waals surface area contributed by atoms with Gasteiger partial charge in [0.2, 0.25) is 5.91 Å². The number of nitrogens with zero attached hydrogens (tertiary/aromatic N) is 4. The maximum absolute atomic E-state index is 11.8. The van der Waals surface area contributed by atoms with Gasteiger partial charge in [0.15, 0.2) is 5.13 Å². The van der Waals surface area contributed by atoms with Gasteiger partial charge >= 0.3 is 6.01 Å². The first-order valence-corrected chi connectivity index (χ1v) is 8.53. The van der Waals surface area contributed by atoms with Gasteiger partial charge in [0.05, 0.1) is 0 Å². The van der Waals surface area contributed by atoms with Crippen molar-refractivity contribution in [3.05, 3.63) is 30.0 Å². The van der Waals surface area contributed by atoms with Crippen LogP contribution in [0.15, 0.2) is 30.0 Å². The maximum atomic E-state index is 11.8. The van der Waals surface area contributed by atoms with Gasteiger partial charge in [0.25, 0.3) is 0 Å². The number of likely N-dealkylation sites (tertiary alicyclic amines) is 1. The minimum Gasteiger partial charge on any atom is -0.460 e. The van der Waals surface area contributed by atoms with Gasteiger partial charge in [-0.2, -0.15) is 0 Å². The van der Waals surface area contributed by atoms with E-state index >= 15 is 0 Å². The molecular formula is C15H19N5O2S. The van der Waals surface area contributed by atoms with E-state index in [0.717, 1.165) is 32.5 Å². The molecule has 2 aromatic heterocycles. The molecule has 7 nitrogen and oxygen atoms in total. The van der Waals surface area contributed by atoms with E-state index in [9.17, 15) is 4.79 Å². The molecule has 1 amide bonds. The molecule has 3 heterocycles. The summed E-state index contributed by atoms with van der Waals surface area (Å²) in [5.74, 6) is 0.0102. The molecule has 0 radical (unpaired) electrons. The van der Waals surface area contributed by atoms with E-state index in [2.05, 4.69) is 25.2 Å². The fourth-order valence-corrected chi connectivity index (χ4v) is 3.02. The highest BCUT2D eigenvalue weighted by molar-refractivity contribution is 7.13. The lowest BCUT2D eigenvalue weighted by Crippen LogP contribution is -2.39. The first-order valence-electron chi connectivity index (χ1n) is 7.65. The summed E-state index contributed by atoms with van der Waals surface area (Å²) in [7, 11) is 0. The van der Waals surface area contributed by atoms with E-state index in [1.807, 2.05) is 5.38 Å². The molecule has 1 aliphatic heterocycles. The van der Waals surface area contributed by atoms with Crippen LogP contribution >= 0.6 is 11.3 Å². The van der Waals surface area contributed by atoms with E-state index in [-0.39, 0.29) is 12.0 Å². The van der Waals surface area contributed by atoms with Crippen LogP contribution in [0, 0.1) is 0 Å². The zero-order chi connectivity index (χ0) is 15.9. The van der Waals surface area contributed by atoms with Crippen LogP contribution in [0.3, 0.4) is 0 Å². The SMILES string of the molecule is O=C(CCN1CCC(Oc2ncccn2)CC1)Nc1nccs1. The summed E-state index contributed by atoms with van der Waals surface area (Å²) in [6.45, 7) is 2.59. The van der Waals surface area contributed by atoms with E-state index < -0.39 is 0 Å². The fourth-order valence-electron chi connectivity index (χ4n) is 2.47. The van der Waals surface area contributed by atoms with Crippen LogP contribution in [-0.2, 0) is 4.79 Å². The Kier molecular flexibility index (Phi) is 5.49. The summed E-state index contributed by atoms with van der Waals surface area (Å²) in [5, 5.41) is 5.30. The lowest BCUT2D eigenvalue weighted by molar-refractivity contribution is -0.116. The first kappa shape index (κ1) is 15.8. The number of hydrogen-bond acceptors (Lipinski definition) is 7. The average molecular weight is 333 g/mol. The monoisotopic (exact) mass is 333 g/mol. The van der Waals surface area contributed by atoms with Crippen LogP contribution in [0.1, 0.15) is 19.3 Å². The number of aromatic nitrogens is 3. The lowest BCUT2D eigenvalue weighted by Gasteiger charge is -2.31. The Labute approximate surface area is 138 Å². The summed E-state index contributed by atoms with van der Waals surface area (Å²) in [4.78, 5) is 26.3. The molecule has 1 N–H and O–H groups in total. The van der Waals surface area contributed by atoms with Crippen molar-refractivity contribution in [3.63, 3.8) is 0 Å². The van der Waals surface area contributed by atoms with Crippen LogP contribution in [0.4, 0.5) is 5.13 Å². The Balaban J connectivity index is 1.35. The summed E-state index contributed by atoms with van der Waals surface area (Å²) >= 11 is 1.43. The number of piperidine rings is 1. The largest absolute Gasteiger partial charge is 0.460 e. The van der Waals surface area contributed by atoms with E-state index in [1.165, 1.54) is 11.3 Å². The average Bonchev–Trinajstić information content (AvgIpc) is 3.08. The summed E-state index contributed by atoms with van der Waals surface area (Å²) < 4.78 is 5.76. The molecule has 2 aromatic rings. The van der Waals surface area contributed by atoms with E-state index in [4.69, 9.17) is 4.74 Å². The highest BCUT2D eigenvalue weighted by Crippen LogP contribution is 2.16. The summed E-state index contributed by atoms with van der Waals surface area (Å²) in [5.41, 5.74) is 0. The molecule has 3 rings (SSSR count). The molecule has 1 fully saturated rings. The summed E-state index contributed by atoms with van der Waals surface area (Å²) in [6, 6.07) is 2.21. The number of carbonyl (C=O) groups excluding carboxylic acids is 1. The molecule has 0 bridgehead atoms. The predicted molar refractivity (Wildman–Crippen MR) is 87.5 cm³/mol. The van der Waals surface area contributed by atoms with Crippen LogP contribution in [0.5, 0.6) is 6.01 Å². The summed E-state index contributed by atoms with van der Waals surface area (Å²) in [6.07, 6.45) is 7.52. The molecule has 0 aromatic carbocycles. The molecular weight excluding hydrogens is 314 g/mol. The quantitative estimate of drug-likeness (QED) is 0.868. The van der Waals surface area contributed by atoms with Gasteiger partial charge in [-0.1, -0.05) is 0 Å². The van der Waals surface area contributed by atoms with Gasteiger partial charge in [0, 0.05) is 50.0 Å². The van der Waals surface area contributed by atoms with Gasteiger partial charge < -0.3 is 15.0 Å². The molecule has 0 unspecified atom stereocenters.